The molecule has 1 aromatic carbocycles. The van der Waals surface area contributed by atoms with E-state index in [-0.39, 0.29) is 11.9 Å². The average molecular weight is 429 g/mol. The molecule has 1 N–H and O–H groups in total. The number of carbonyl (C=O) groups excluding carboxylic acids is 2. The number of thiol groups is 1. The van der Waals surface area contributed by atoms with Crippen molar-refractivity contribution in [3.8, 4) is 11.6 Å². The minimum atomic E-state index is -0.444. The molecule has 7 heteroatoms. The third kappa shape index (κ3) is 5.53. The van der Waals surface area contributed by atoms with Crippen LogP contribution in [0.4, 0.5) is 0 Å². The molecule has 1 amide bonds. The van der Waals surface area contributed by atoms with E-state index >= 15 is 0 Å². The molecule has 0 radical (unpaired) electrons. The molecule has 2 aromatic rings. The highest BCUT2D eigenvalue weighted by atomic mass is 32.1. The number of ether oxygens (including phenoxy) is 2. The maximum absolute atomic E-state index is 12.9. The van der Waals surface area contributed by atoms with Gasteiger partial charge in [-0.2, -0.15) is 0 Å². The van der Waals surface area contributed by atoms with E-state index in [1.807, 2.05) is 6.92 Å². The van der Waals surface area contributed by atoms with Crippen LogP contribution in [-0.2, 0) is 11.2 Å². The molecule has 0 aliphatic heterocycles. The van der Waals surface area contributed by atoms with Gasteiger partial charge in [-0.05, 0) is 43.5 Å². The second-order valence-corrected chi connectivity index (χ2v) is 7.97. The van der Waals surface area contributed by atoms with Crippen LogP contribution in [0.15, 0.2) is 35.2 Å². The molecule has 3 rings (SSSR count). The van der Waals surface area contributed by atoms with E-state index in [1.54, 1.807) is 30.3 Å². The van der Waals surface area contributed by atoms with Gasteiger partial charge in [-0.1, -0.05) is 38.7 Å². The zero-order chi connectivity index (χ0) is 21.5. The summed E-state index contributed by atoms with van der Waals surface area (Å²) >= 11 is 4.50. The molecule has 1 heterocycles. The lowest BCUT2D eigenvalue weighted by Crippen LogP contribution is -2.36. The first-order valence-electron chi connectivity index (χ1n) is 10.4. The van der Waals surface area contributed by atoms with Gasteiger partial charge < -0.3 is 14.8 Å². The first-order valence-corrected chi connectivity index (χ1v) is 10.9. The van der Waals surface area contributed by atoms with Crippen molar-refractivity contribution >= 4 is 24.5 Å². The Labute approximate surface area is 182 Å². The van der Waals surface area contributed by atoms with Crippen molar-refractivity contribution in [1.29, 1.82) is 0 Å². The van der Waals surface area contributed by atoms with Gasteiger partial charge in [0.1, 0.15) is 5.75 Å². The Bertz CT molecular complexity index is 910. The van der Waals surface area contributed by atoms with Gasteiger partial charge in [-0.3, -0.25) is 4.79 Å². The van der Waals surface area contributed by atoms with Gasteiger partial charge in [0, 0.05) is 6.04 Å². The van der Waals surface area contributed by atoms with Crippen LogP contribution in [0.25, 0.3) is 0 Å². The quantitative estimate of drug-likeness (QED) is 0.481. The lowest BCUT2D eigenvalue weighted by Gasteiger charge is -2.23. The smallest absolute Gasteiger partial charge is 0.337 e. The summed E-state index contributed by atoms with van der Waals surface area (Å²) in [5, 5.41) is 3.15. The van der Waals surface area contributed by atoms with Gasteiger partial charge in [0.2, 0.25) is 5.88 Å². The Morgan fingerprint density at radius 1 is 1.20 bits per heavy atom. The van der Waals surface area contributed by atoms with Crippen molar-refractivity contribution < 1.29 is 19.1 Å². The van der Waals surface area contributed by atoms with Crippen LogP contribution in [0.5, 0.6) is 11.6 Å². The van der Waals surface area contributed by atoms with E-state index in [1.165, 1.54) is 13.5 Å². The zero-order valence-electron chi connectivity index (χ0n) is 17.4. The molecule has 0 atom stereocenters. The second-order valence-electron chi connectivity index (χ2n) is 7.49. The van der Waals surface area contributed by atoms with Crippen LogP contribution in [0, 0.1) is 0 Å². The van der Waals surface area contributed by atoms with E-state index in [0.29, 0.717) is 39.8 Å². The number of hydrogen-bond donors (Lipinski definition) is 2. The highest BCUT2D eigenvalue weighted by Crippen LogP contribution is 2.29. The Balaban J connectivity index is 1.83. The second kappa shape index (κ2) is 10.5. The Hall–Kier alpha value is -2.54. The Morgan fingerprint density at radius 2 is 1.97 bits per heavy atom. The molecule has 1 fully saturated rings. The molecular weight excluding hydrogens is 400 g/mol. The molecule has 0 unspecified atom stereocenters. The number of aryl methyl sites for hydroxylation is 1. The van der Waals surface area contributed by atoms with Gasteiger partial charge in [0.25, 0.3) is 5.91 Å². The number of amides is 1. The van der Waals surface area contributed by atoms with Crippen LogP contribution in [0.2, 0.25) is 0 Å². The third-order valence-electron chi connectivity index (χ3n) is 5.19. The maximum Gasteiger partial charge on any atom is 0.337 e. The van der Waals surface area contributed by atoms with Crippen molar-refractivity contribution in [2.24, 2.45) is 0 Å². The molecule has 30 heavy (non-hydrogen) atoms. The highest BCUT2D eigenvalue weighted by molar-refractivity contribution is 7.80. The molecule has 0 spiro atoms. The van der Waals surface area contributed by atoms with Crippen LogP contribution < -0.4 is 10.1 Å². The van der Waals surface area contributed by atoms with E-state index in [4.69, 9.17) is 9.47 Å². The fourth-order valence-electron chi connectivity index (χ4n) is 3.65. The number of aromatic nitrogens is 1. The zero-order valence-corrected chi connectivity index (χ0v) is 18.3. The van der Waals surface area contributed by atoms with Gasteiger partial charge in [0.15, 0.2) is 0 Å². The average Bonchev–Trinajstić information content (AvgIpc) is 2.76. The summed E-state index contributed by atoms with van der Waals surface area (Å²) in [5.74, 6) is 0.203. The molecule has 160 valence electrons. The van der Waals surface area contributed by atoms with Crippen molar-refractivity contribution in [2.75, 3.05) is 7.11 Å². The summed E-state index contributed by atoms with van der Waals surface area (Å²) in [6.07, 6.45) is 7.08. The first kappa shape index (κ1) is 22.2. The summed E-state index contributed by atoms with van der Waals surface area (Å²) in [7, 11) is 1.33. The number of pyridine rings is 1. The van der Waals surface area contributed by atoms with Gasteiger partial charge in [-0.15, -0.1) is 12.6 Å². The lowest BCUT2D eigenvalue weighted by atomic mass is 9.95. The Morgan fingerprint density at radius 3 is 2.67 bits per heavy atom. The summed E-state index contributed by atoms with van der Waals surface area (Å²) < 4.78 is 10.6. The summed E-state index contributed by atoms with van der Waals surface area (Å²) in [4.78, 5) is 29.7. The molecule has 1 aliphatic rings. The predicted molar refractivity (Wildman–Crippen MR) is 118 cm³/mol. The minimum absolute atomic E-state index is 0.104. The van der Waals surface area contributed by atoms with Crippen molar-refractivity contribution in [2.45, 2.75) is 62.8 Å². The number of hydrogen-bond acceptors (Lipinski definition) is 6. The molecule has 1 aliphatic carbocycles. The van der Waals surface area contributed by atoms with Gasteiger partial charge >= 0.3 is 5.97 Å². The number of rotatable bonds is 7. The van der Waals surface area contributed by atoms with Crippen molar-refractivity contribution in [3.05, 3.63) is 47.2 Å². The maximum atomic E-state index is 12.9. The van der Waals surface area contributed by atoms with Crippen LogP contribution >= 0.6 is 12.6 Å². The minimum Gasteiger partial charge on any atom is -0.465 e. The fourth-order valence-corrected chi connectivity index (χ4v) is 3.87. The SMILES string of the molecule is CCCc1nc(Oc2cccc(C(=O)OC)c2)c(S)cc1C(=O)NC1CCCCC1. The van der Waals surface area contributed by atoms with Crippen LogP contribution in [-0.4, -0.2) is 30.0 Å². The molecule has 0 saturated heterocycles. The van der Waals surface area contributed by atoms with E-state index < -0.39 is 5.97 Å². The van der Waals surface area contributed by atoms with Crippen LogP contribution in [0.1, 0.15) is 71.9 Å². The van der Waals surface area contributed by atoms with Crippen molar-refractivity contribution in [3.63, 3.8) is 0 Å². The third-order valence-corrected chi connectivity index (χ3v) is 5.51. The number of nitrogens with zero attached hydrogens (tertiary/aromatic N) is 1. The molecule has 0 bridgehead atoms. The van der Waals surface area contributed by atoms with E-state index in [0.717, 1.165) is 32.1 Å². The fraction of sp³-hybridized carbons (Fsp3) is 0.435. The predicted octanol–water partition coefficient (Wildman–Crippen LogP) is 4.96. The van der Waals surface area contributed by atoms with Gasteiger partial charge in [-0.25, -0.2) is 9.78 Å². The number of benzene rings is 1. The van der Waals surface area contributed by atoms with Crippen molar-refractivity contribution in [1.82, 2.24) is 10.3 Å². The standard InChI is InChI=1S/C23H28N2O4S/c1-3-8-19-18(21(26)24-16-10-5-4-6-11-16)14-20(30)22(25-19)29-17-12-7-9-15(13-17)23(27)28-2/h7,9,12-14,16,30H,3-6,8,10-11H2,1-2H3,(H,24,26). The number of methoxy groups -OCH3 is 1. The lowest BCUT2D eigenvalue weighted by molar-refractivity contribution is 0.0600. The summed E-state index contributed by atoms with van der Waals surface area (Å²) in [5.41, 5.74) is 1.61. The highest BCUT2D eigenvalue weighted by Gasteiger charge is 2.21. The number of carbonyl (C=O) groups is 2. The monoisotopic (exact) mass is 428 g/mol. The molecule has 6 nitrogen and oxygen atoms in total. The number of esters is 1. The van der Waals surface area contributed by atoms with Crippen LogP contribution in [0.3, 0.4) is 0 Å². The van der Waals surface area contributed by atoms with E-state index in [9.17, 15) is 9.59 Å². The molecular formula is C23H28N2O4S. The normalized spacial score (nSPS) is 14.2. The van der Waals surface area contributed by atoms with E-state index in [2.05, 4.69) is 22.9 Å². The summed E-state index contributed by atoms with van der Waals surface area (Å²) in [6.45, 7) is 2.04. The Kier molecular flexibility index (Phi) is 7.74. The topological polar surface area (TPSA) is 77.5 Å². The largest absolute Gasteiger partial charge is 0.465 e. The number of nitrogens with one attached hydrogen (secondary N) is 1. The molecule has 1 saturated carbocycles. The first-order chi connectivity index (χ1) is 14.5. The summed E-state index contributed by atoms with van der Waals surface area (Å²) in [6, 6.07) is 8.61. The molecule has 1 aromatic heterocycles. The van der Waals surface area contributed by atoms with Gasteiger partial charge in [0.05, 0.1) is 28.8 Å².